The minimum Gasteiger partial charge on any atom is -0.323 e. The first-order valence-corrected chi connectivity index (χ1v) is 10.7. The van der Waals surface area contributed by atoms with Gasteiger partial charge in [0, 0.05) is 18.0 Å². The van der Waals surface area contributed by atoms with Crippen LogP contribution in [0.4, 0.5) is 10.1 Å². The van der Waals surface area contributed by atoms with E-state index < -0.39 is 5.82 Å². The monoisotopic (exact) mass is 428 g/mol. The number of benzene rings is 3. The van der Waals surface area contributed by atoms with E-state index in [2.05, 4.69) is 28.5 Å². The number of nitrogens with one attached hydrogen (secondary N) is 1. The average molecular weight is 428 g/mol. The summed E-state index contributed by atoms with van der Waals surface area (Å²) >= 11 is 1.29. The van der Waals surface area contributed by atoms with Crippen molar-refractivity contribution in [2.24, 2.45) is 0 Å². The average Bonchev–Trinajstić information content (AvgIpc) is 3.23. The summed E-state index contributed by atoms with van der Waals surface area (Å²) in [4.78, 5) is 16.7. The van der Waals surface area contributed by atoms with Crippen LogP contribution in [0.15, 0.2) is 90.2 Å². The van der Waals surface area contributed by atoms with E-state index >= 15 is 0 Å². The lowest BCUT2D eigenvalue weighted by atomic mass is 10.0. The van der Waals surface area contributed by atoms with Gasteiger partial charge in [-0.15, -0.1) is 0 Å². The first-order chi connectivity index (χ1) is 15.2. The van der Waals surface area contributed by atoms with Gasteiger partial charge < -0.3 is 5.32 Å². The van der Waals surface area contributed by atoms with Gasteiger partial charge in [0.1, 0.15) is 10.8 Å². The molecule has 0 spiro atoms. The zero-order valence-electron chi connectivity index (χ0n) is 16.3. The Bertz CT molecular complexity index is 1410. The molecule has 2 aromatic heterocycles. The van der Waals surface area contributed by atoms with Crippen molar-refractivity contribution in [3.8, 4) is 11.3 Å². The Kier molecular flexibility index (Phi) is 5.09. The molecule has 0 atom stereocenters. The predicted molar refractivity (Wildman–Crippen MR) is 122 cm³/mol. The van der Waals surface area contributed by atoms with Crippen LogP contribution in [0.25, 0.3) is 27.5 Å². The summed E-state index contributed by atoms with van der Waals surface area (Å²) in [5.74, 6) is -0.653. The van der Waals surface area contributed by atoms with Gasteiger partial charge in [-0.2, -0.15) is 5.10 Å². The van der Waals surface area contributed by atoms with Gasteiger partial charge in [-0.05, 0) is 29.0 Å². The van der Waals surface area contributed by atoms with Gasteiger partial charge >= 0.3 is 0 Å². The highest BCUT2D eigenvalue weighted by atomic mass is 32.2. The third kappa shape index (κ3) is 3.87. The molecule has 7 heteroatoms. The molecule has 0 saturated heterocycles. The lowest BCUT2D eigenvalue weighted by Gasteiger charge is -2.06. The fraction of sp³-hybridized carbons (Fsp3) is 0.0417. The summed E-state index contributed by atoms with van der Waals surface area (Å²) in [6.45, 7) is 0. The lowest BCUT2D eigenvalue weighted by molar-refractivity contribution is -0.113. The van der Waals surface area contributed by atoms with Crippen molar-refractivity contribution in [3.05, 3.63) is 91.0 Å². The summed E-state index contributed by atoms with van der Waals surface area (Å²) in [7, 11) is 0. The lowest BCUT2D eigenvalue weighted by Crippen LogP contribution is -2.15. The van der Waals surface area contributed by atoms with Crippen molar-refractivity contribution in [1.29, 1.82) is 0 Å². The Labute approximate surface area is 181 Å². The number of carbonyl (C=O) groups excluding carboxylic acids is 1. The Balaban J connectivity index is 1.41. The van der Waals surface area contributed by atoms with Crippen LogP contribution in [0, 0.1) is 5.82 Å². The number of hydrogen-bond acceptors (Lipinski definition) is 4. The quantitative estimate of drug-likeness (QED) is 0.380. The molecule has 0 aliphatic heterocycles. The third-order valence-corrected chi connectivity index (χ3v) is 5.90. The molecule has 1 amide bonds. The maximum atomic E-state index is 13.8. The van der Waals surface area contributed by atoms with Gasteiger partial charge in [0.15, 0.2) is 0 Å². The van der Waals surface area contributed by atoms with Gasteiger partial charge in [0.2, 0.25) is 5.91 Å². The van der Waals surface area contributed by atoms with E-state index in [9.17, 15) is 9.18 Å². The molecule has 5 nitrogen and oxygen atoms in total. The summed E-state index contributed by atoms with van der Waals surface area (Å²) in [5.41, 5.74) is 2.86. The molecule has 0 fully saturated rings. The second kappa shape index (κ2) is 8.20. The van der Waals surface area contributed by atoms with Crippen molar-refractivity contribution in [3.63, 3.8) is 0 Å². The smallest absolute Gasteiger partial charge is 0.234 e. The maximum absolute atomic E-state index is 13.8. The number of thioether (sulfide) groups is 1. The predicted octanol–water partition coefficient (Wildman–Crippen LogP) is 5.42. The van der Waals surface area contributed by atoms with Crippen molar-refractivity contribution in [2.75, 3.05) is 11.1 Å². The highest BCUT2D eigenvalue weighted by molar-refractivity contribution is 8.00. The van der Waals surface area contributed by atoms with Gasteiger partial charge in [0.05, 0.1) is 22.7 Å². The Morgan fingerprint density at radius 3 is 2.74 bits per heavy atom. The fourth-order valence-electron chi connectivity index (χ4n) is 3.47. The van der Waals surface area contributed by atoms with Crippen molar-refractivity contribution in [2.45, 2.75) is 5.03 Å². The fourth-order valence-corrected chi connectivity index (χ4v) is 4.25. The zero-order valence-corrected chi connectivity index (χ0v) is 17.1. The number of fused-ring (bicyclic) bond motifs is 2. The highest BCUT2D eigenvalue weighted by Gasteiger charge is 2.13. The van der Waals surface area contributed by atoms with Gasteiger partial charge in [0.25, 0.3) is 0 Å². The molecule has 0 bridgehead atoms. The van der Waals surface area contributed by atoms with Crippen LogP contribution < -0.4 is 5.32 Å². The molecule has 0 unspecified atom stereocenters. The van der Waals surface area contributed by atoms with E-state index in [1.807, 2.05) is 30.3 Å². The number of para-hydroxylation sites is 1. The van der Waals surface area contributed by atoms with Crippen molar-refractivity contribution < 1.29 is 9.18 Å². The van der Waals surface area contributed by atoms with E-state index in [1.165, 1.54) is 23.9 Å². The SMILES string of the molecule is O=C(CSc1nccn2nc(-c3cccc4ccccc34)cc12)Nc1ccccc1F. The molecule has 1 N–H and O–H groups in total. The van der Waals surface area contributed by atoms with Crippen LogP contribution in [0.3, 0.4) is 0 Å². The molecule has 5 rings (SSSR count). The molecule has 0 saturated carbocycles. The number of carbonyl (C=O) groups is 1. The molecular formula is C24H17FN4OS. The molecule has 5 aromatic rings. The highest BCUT2D eigenvalue weighted by Crippen LogP contribution is 2.30. The minimum atomic E-state index is -0.461. The Morgan fingerprint density at radius 1 is 1.03 bits per heavy atom. The van der Waals surface area contributed by atoms with E-state index in [0.717, 1.165) is 27.5 Å². The first kappa shape index (κ1) is 19.3. The van der Waals surface area contributed by atoms with E-state index in [-0.39, 0.29) is 17.3 Å². The minimum absolute atomic E-state index is 0.107. The number of anilines is 1. The molecule has 0 radical (unpaired) electrons. The topological polar surface area (TPSA) is 59.3 Å². The van der Waals surface area contributed by atoms with E-state index in [4.69, 9.17) is 5.10 Å². The van der Waals surface area contributed by atoms with Gasteiger partial charge in [-0.1, -0.05) is 66.4 Å². The molecule has 2 heterocycles. The van der Waals surface area contributed by atoms with E-state index in [0.29, 0.717) is 5.03 Å². The first-order valence-electron chi connectivity index (χ1n) is 9.69. The van der Waals surface area contributed by atoms with Crippen LogP contribution >= 0.6 is 11.8 Å². The summed E-state index contributed by atoms with van der Waals surface area (Å²) in [6.07, 6.45) is 3.44. The summed E-state index contributed by atoms with van der Waals surface area (Å²) < 4.78 is 15.5. The molecular weight excluding hydrogens is 411 g/mol. The van der Waals surface area contributed by atoms with Crippen LogP contribution in [0.2, 0.25) is 0 Å². The Morgan fingerprint density at radius 2 is 1.84 bits per heavy atom. The second-order valence-electron chi connectivity index (χ2n) is 6.94. The van der Waals surface area contributed by atoms with Crippen LogP contribution in [0.1, 0.15) is 0 Å². The number of rotatable bonds is 5. The normalized spacial score (nSPS) is 11.1. The summed E-state index contributed by atoms with van der Waals surface area (Å²) in [5, 5.41) is 10.3. The van der Waals surface area contributed by atoms with E-state index in [1.54, 1.807) is 29.0 Å². The number of nitrogens with zero attached hydrogens (tertiary/aromatic N) is 3. The number of halogens is 1. The number of hydrogen-bond donors (Lipinski definition) is 1. The van der Waals surface area contributed by atoms with Gasteiger partial charge in [-0.3, -0.25) is 4.79 Å². The maximum Gasteiger partial charge on any atom is 0.234 e. The molecule has 152 valence electrons. The Hall–Kier alpha value is -3.71. The van der Waals surface area contributed by atoms with Crippen LogP contribution in [-0.2, 0) is 4.79 Å². The standard InChI is InChI=1S/C24H17FN4OS/c25-19-10-3-4-11-20(19)27-23(30)15-31-24-22-14-21(28-29(22)13-12-26-24)18-9-5-7-16-6-1-2-8-17(16)18/h1-14H,15H2,(H,27,30). The molecule has 0 aliphatic rings. The molecule has 0 aliphatic carbocycles. The summed E-state index contributed by atoms with van der Waals surface area (Å²) in [6, 6.07) is 22.4. The van der Waals surface area contributed by atoms with Crippen molar-refractivity contribution in [1.82, 2.24) is 14.6 Å². The molecule has 3 aromatic carbocycles. The number of amides is 1. The number of aromatic nitrogens is 3. The van der Waals surface area contributed by atoms with Crippen molar-refractivity contribution >= 4 is 39.6 Å². The second-order valence-corrected chi connectivity index (χ2v) is 7.90. The third-order valence-electron chi connectivity index (χ3n) is 4.91. The molecule has 31 heavy (non-hydrogen) atoms. The van der Waals surface area contributed by atoms with Crippen LogP contribution in [0.5, 0.6) is 0 Å². The van der Waals surface area contributed by atoms with Crippen LogP contribution in [-0.4, -0.2) is 26.3 Å². The van der Waals surface area contributed by atoms with Gasteiger partial charge in [-0.25, -0.2) is 13.9 Å². The zero-order chi connectivity index (χ0) is 21.2. The largest absolute Gasteiger partial charge is 0.323 e.